The minimum absolute atomic E-state index is 0.501. The SMILES string of the molecule is CSC(=Nc1cccc(-c2nc3cc(N)ccc3o2)c1)NC#N. The number of thioether (sulfide) groups is 1. The number of anilines is 1. The molecular formula is C16H13N5OS. The summed E-state index contributed by atoms with van der Waals surface area (Å²) in [5, 5.41) is 11.7. The van der Waals surface area contributed by atoms with Crippen molar-refractivity contribution in [2.75, 3.05) is 12.0 Å². The number of nitrogens with zero attached hydrogens (tertiary/aromatic N) is 3. The Bertz CT molecular complexity index is 926. The predicted octanol–water partition coefficient (Wildman–Crippen LogP) is 3.50. The molecule has 6 nitrogen and oxygen atoms in total. The molecule has 0 spiro atoms. The van der Waals surface area contributed by atoms with E-state index in [-0.39, 0.29) is 0 Å². The number of oxazole rings is 1. The standard InChI is InChI=1S/C16H13N5OS/c1-23-16(19-9-17)20-12-4-2-3-10(7-12)15-21-13-8-11(18)5-6-14(13)22-15/h2-8H,18H2,1H3,(H,19,20). The Kier molecular flexibility index (Phi) is 4.17. The zero-order valence-electron chi connectivity index (χ0n) is 12.3. The van der Waals surface area contributed by atoms with Crippen molar-refractivity contribution in [3.8, 4) is 17.6 Å². The summed E-state index contributed by atoms with van der Waals surface area (Å²) >= 11 is 1.36. The van der Waals surface area contributed by atoms with Crippen molar-refractivity contribution in [1.29, 1.82) is 5.26 Å². The van der Waals surface area contributed by atoms with Crippen LogP contribution in [0.1, 0.15) is 0 Å². The van der Waals surface area contributed by atoms with Crippen LogP contribution in [0, 0.1) is 11.5 Å². The van der Waals surface area contributed by atoms with Crippen LogP contribution in [0.25, 0.3) is 22.6 Å². The Labute approximate surface area is 137 Å². The Morgan fingerprint density at radius 2 is 2.22 bits per heavy atom. The monoisotopic (exact) mass is 323 g/mol. The van der Waals surface area contributed by atoms with Crippen molar-refractivity contribution in [2.45, 2.75) is 0 Å². The fraction of sp³-hybridized carbons (Fsp3) is 0.0625. The lowest BCUT2D eigenvalue weighted by molar-refractivity contribution is 0.620. The van der Waals surface area contributed by atoms with Crippen LogP contribution in [0.3, 0.4) is 0 Å². The van der Waals surface area contributed by atoms with Gasteiger partial charge < -0.3 is 10.2 Å². The van der Waals surface area contributed by atoms with Gasteiger partial charge in [-0.2, -0.15) is 5.26 Å². The second-order valence-electron chi connectivity index (χ2n) is 4.65. The van der Waals surface area contributed by atoms with Gasteiger partial charge in [0.15, 0.2) is 16.9 Å². The van der Waals surface area contributed by atoms with Gasteiger partial charge >= 0.3 is 0 Å². The van der Waals surface area contributed by atoms with Gasteiger partial charge in [0.1, 0.15) is 5.52 Å². The van der Waals surface area contributed by atoms with Gasteiger partial charge in [0.05, 0.1) is 5.69 Å². The van der Waals surface area contributed by atoms with Crippen LogP contribution in [0.15, 0.2) is 51.9 Å². The van der Waals surface area contributed by atoms with Gasteiger partial charge in [0, 0.05) is 11.3 Å². The number of hydrogen-bond acceptors (Lipinski definition) is 6. The molecule has 0 amide bonds. The lowest BCUT2D eigenvalue weighted by Gasteiger charge is -2.01. The van der Waals surface area contributed by atoms with E-state index in [9.17, 15) is 0 Å². The molecule has 0 saturated heterocycles. The predicted molar refractivity (Wildman–Crippen MR) is 93.2 cm³/mol. The normalized spacial score (nSPS) is 11.4. The van der Waals surface area contributed by atoms with Crippen molar-refractivity contribution in [3.05, 3.63) is 42.5 Å². The van der Waals surface area contributed by atoms with Crippen LogP contribution in [0.2, 0.25) is 0 Å². The van der Waals surface area contributed by atoms with E-state index in [0.29, 0.717) is 33.5 Å². The maximum atomic E-state index is 8.69. The van der Waals surface area contributed by atoms with E-state index in [1.54, 1.807) is 18.2 Å². The molecule has 3 N–H and O–H groups in total. The molecule has 3 aromatic rings. The molecule has 1 aromatic heterocycles. The van der Waals surface area contributed by atoms with Crippen molar-refractivity contribution in [2.24, 2.45) is 4.99 Å². The second kappa shape index (κ2) is 6.42. The van der Waals surface area contributed by atoms with Crippen LogP contribution in [-0.4, -0.2) is 16.4 Å². The van der Waals surface area contributed by atoms with Gasteiger partial charge in [-0.05, 0) is 42.7 Å². The van der Waals surface area contributed by atoms with Crippen LogP contribution < -0.4 is 11.1 Å². The summed E-state index contributed by atoms with van der Waals surface area (Å²) in [6.07, 6.45) is 3.71. The maximum Gasteiger partial charge on any atom is 0.227 e. The molecular weight excluding hydrogens is 310 g/mol. The third kappa shape index (κ3) is 3.27. The highest BCUT2D eigenvalue weighted by Crippen LogP contribution is 2.28. The Hall–Kier alpha value is -2.98. The Morgan fingerprint density at radius 3 is 3.00 bits per heavy atom. The van der Waals surface area contributed by atoms with Crippen molar-refractivity contribution in [3.63, 3.8) is 0 Å². The molecule has 1 heterocycles. The van der Waals surface area contributed by atoms with Crippen LogP contribution in [-0.2, 0) is 0 Å². The second-order valence-corrected chi connectivity index (χ2v) is 5.45. The number of benzene rings is 2. The van der Waals surface area contributed by atoms with E-state index in [1.165, 1.54) is 11.8 Å². The van der Waals surface area contributed by atoms with Gasteiger partial charge in [-0.3, -0.25) is 5.32 Å². The van der Waals surface area contributed by atoms with E-state index in [1.807, 2.05) is 36.7 Å². The lowest BCUT2D eigenvalue weighted by Crippen LogP contribution is -2.12. The van der Waals surface area contributed by atoms with Crippen LogP contribution in [0.5, 0.6) is 0 Å². The van der Waals surface area contributed by atoms with Crippen LogP contribution in [0.4, 0.5) is 11.4 Å². The number of nitrogen functional groups attached to an aromatic ring is 1. The summed E-state index contributed by atoms with van der Waals surface area (Å²) < 4.78 is 5.75. The highest BCUT2D eigenvalue weighted by atomic mass is 32.2. The number of aromatic nitrogens is 1. The zero-order valence-corrected chi connectivity index (χ0v) is 13.1. The largest absolute Gasteiger partial charge is 0.436 e. The molecule has 2 aromatic carbocycles. The van der Waals surface area contributed by atoms with E-state index < -0.39 is 0 Å². The van der Waals surface area contributed by atoms with Gasteiger partial charge in [-0.15, -0.1) is 0 Å². The fourth-order valence-corrected chi connectivity index (χ4v) is 2.41. The molecule has 0 fully saturated rings. The third-order valence-corrected chi connectivity index (χ3v) is 3.67. The molecule has 0 aliphatic heterocycles. The van der Waals surface area contributed by atoms with Crippen molar-refractivity contribution in [1.82, 2.24) is 10.3 Å². The van der Waals surface area contributed by atoms with Gasteiger partial charge in [0.25, 0.3) is 0 Å². The maximum absolute atomic E-state index is 8.69. The average Bonchev–Trinajstić information content (AvgIpc) is 2.98. The number of hydrogen-bond donors (Lipinski definition) is 2. The smallest absolute Gasteiger partial charge is 0.227 e. The lowest BCUT2D eigenvalue weighted by atomic mass is 10.2. The average molecular weight is 323 g/mol. The molecule has 0 bridgehead atoms. The number of nitrogens with one attached hydrogen (secondary N) is 1. The van der Waals surface area contributed by atoms with E-state index in [2.05, 4.69) is 15.3 Å². The number of fused-ring (bicyclic) bond motifs is 1. The molecule has 0 atom stereocenters. The quantitative estimate of drug-likeness (QED) is 0.246. The topological polar surface area (TPSA) is 100 Å². The summed E-state index contributed by atoms with van der Waals surface area (Å²) in [7, 11) is 0. The number of aliphatic imine (C=N–C) groups is 1. The first kappa shape index (κ1) is 14.9. The Balaban J connectivity index is 1.99. The Morgan fingerprint density at radius 1 is 1.35 bits per heavy atom. The molecule has 0 saturated carbocycles. The van der Waals surface area contributed by atoms with Crippen molar-refractivity contribution >= 4 is 39.4 Å². The minimum Gasteiger partial charge on any atom is -0.436 e. The van der Waals surface area contributed by atoms with Gasteiger partial charge in [0.2, 0.25) is 5.89 Å². The summed E-state index contributed by atoms with van der Waals surface area (Å²) in [5.41, 5.74) is 9.30. The highest BCUT2D eigenvalue weighted by Gasteiger charge is 2.09. The number of amidine groups is 1. The fourth-order valence-electron chi connectivity index (χ4n) is 2.07. The molecule has 0 aliphatic carbocycles. The number of rotatable bonds is 2. The first-order chi connectivity index (χ1) is 11.2. The molecule has 7 heteroatoms. The van der Waals surface area contributed by atoms with Crippen LogP contribution >= 0.6 is 11.8 Å². The molecule has 3 rings (SSSR count). The van der Waals surface area contributed by atoms with E-state index >= 15 is 0 Å². The zero-order chi connectivity index (χ0) is 16.2. The summed E-state index contributed by atoms with van der Waals surface area (Å²) in [6.45, 7) is 0. The third-order valence-electron chi connectivity index (χ3n) is 3.09. The summed E-state index contributed by atoms with van der Waals surface area (Å²) in [5.74, 6) is 0.501. The number of nitriles is 1. The van der Waals surface area contributed by atoms with Crippen molar-refractivity contribution < 1.29 is 4.42 Å². The molecule has 0 unspecified atom stereocenters. The van der Waals surface area contributed by atoms with E-state index in [4.69, 9.17) is 15.4 Å². The highest BCUT2D eigenvalue weighted by molar-refractivity contribution is 8.13. The van der Waals surface area contributed by atoms with Gasteiger partial charge in [-0.25, -0.2) is 9.98 Å². The molecule has 0 radical (unpaired) electrons. The van der Waals surface area contributed by atoms with Gasteiger partial charge in [-0.1, -0.05) is 17.8 Å². The first-order valence-electron chi connectivity index (χ1n) is 6.74. The summed E-state index contributed by atoms with van der Waals surface area (Å²) in [4.78, 5) is 8.83. The molecule has 0 aliphatic rings. The molecule has 23 heavy (non-hydrogen) atoms. The minimum atomic E-state index is 0.501. The molecule has 114 valence electrons. The summed E-state index contributed by atoms with van der Waals surface area (Å²) in [6, 6.07) is 12.8. The number of nitrogens with two attached hydrogens (primary N) is 1. The van der Waals surface area contributed by atoms with E-state index in [0.717, 1.165) is 5.56 Å². The first-order valence-corrected chi connectivity index (χ1v) is 7.96.